The van der Waals surface area contributed by atoms with Gasteiger partial charge in [-0.2, -0.15) is 0 Å². The lowest BCUT2D eigenvalue weighted by Gasteiger charge is -2.12. The Morgan fingerprint density at radius 1 is 1.00 bits per heavy atom. The Balaban J connectivity index is 0.00000242. The molecule has 0 saturated heterocycles. The van der Waals surface area contributed by atoms with Gasteiger partial charge in [0.2, 0.25) is 0 Å². The van der Waals surface area contributed by atoms with Crippen molar-refractivity contribution in [3.05, 3.63) is 53.6 Å². The Labute approximate surface area is 135 Å². The van der Waals surface area contributed by atoms with E-state index in [0.29, 0.717) is 23.7 Å². The van der Waals surface area contributed by atoms with Crippen molar-refractivity contribution in [1.29, 1.82) is 5.41 Å². The minimum Gasteiger partial charge on any atom is -0.497 e. The minimum atomic E-state index is -0.00463. The van der Waals surface area contributed by atoms with Crippen LogP contribution in [0.25, 0.3) is 0 Å². The van der Waals surface area contributed by atoms with Crippen LogP contribution >= 0.6 is 12.4 Å². The zero-order chi connectivity index (χ0) is 15.2. The van der Waals surface area contributed by atoms with E-state index in [1.54, 1.807) is 32.4 Å². The zero-order valence-corrected chi connectivity index (χ0v) is 13.3. The van der Waals surface area contributed by atoms with E-state index in [-0.39, 0.29) is 18.2 Å². The Morgan fingerprint density at radius 2 is 1.68 bits per heavy atom. The van der Waals surface area contributed by atoms with Crippen LogP contribution in [0.1, 0.15) is 11.1 Å². The average Bonchev–Trinajstić information content (AvgIpc) is 2.53. The maximum atomic E-state index is 7.42. The normalized spacial score (nSPS) is 9.55. The third-order valence-electron chi connectivity index (χ3n) is 3.03. The number of ether oxygens (including phenoxy) is 3. The number of hydrogen-bond acceptors (Lipinski definition) is 4. The average molecular weight is 323 g/mol. The van der Waals surface area contributed by atoms with Crippen LogP contribution in [0.3, 0.4) is 0 Å². The highest BCUT2D eigenvalue weighted by Gasteiger charge is 2.07. The van der Waals surface area contributed by atoms with E-state index >= 15 is 0 Å². The first-order valence-electron chi connectivity index (χ1n) is 6.42. The fourth-order valence-electron chi connectivity index (χ4n) is 1.84. The topological polar surface area (TPSA) is 77.6 Å². The van der Waals surface area contributed by atoms with E-state index < -0.39 is 0 Å². The SMILES string of the molecule is COc1ccc(COc2ccc(C(=N)N)cc2OC)cc1.Cl. The second-order valence-electron chi connectivity index (χ2n) is 4.42. The van der Waals surface area contributed by atoms with Crippen LogP contribution in [-0.4, -0.2) is 20.1 Å². The summed E-state index contributed by atoms with van der Waals surface area (Å²) in [6.45, 7) is 0.416. The molecule has 0 atom stereocenters. The van der Waals surface area contributed by atoms with Crippen molar-refractivity contribution in [3.63, 3.8) is 0 Å². The van der Waals surface area contributed by atoms with Crippen LogP contribution in [-0.2, 0) is 6.61 Å². The minimum absolute atomic E-state index is 0. The van der Waals surface area contributed by atoms with Crippen molar-refractivity contribution in [2.24, 2.45) is 5.73 Å². The van der Waals surface area contributed by atoms with Gasteiger partial charge in [-0.15, -0.1) is 12.4 Å². The Kier molecular flexibility index (Phi) is 6.53. The molecule has 0 aliphatic carbocycles. The van der Waals surface area contributed by atoms with Gasteiger partial charge in [0.05, 0.1) is 14.2 Å². The molecule has 22 heavy (non-hydrogen) atoms. The predicted octanol–water partition coefficient (Wildman–Crippen LogP) is 2.99. The highest BCUT2D eigenvalue weighted by Crippen LogP contribution is 2.28. The largest absolute Gasteiger partial charge is 0.497 e. The van der Waals surface area contributed by atoms with Gasteiger partial charge >= 0.3 is 0 Å². The molecule has 0 spiro atoms. The third-order valence-corrected chi connectivity index (χ3v) is 3.03. The second-order valence-corrected chi connectivity index (χ2v) is 4.42. The lowest BCUT2D eigenvalue weighted by Crippen LogP contribution is -2.11. The molecule has 2 aromatic carbocycles. The number of nitrogen functional groups attached to an aromatic ring is 1. The van der Waals surface area contributed by atoms with E-state index in [1.807, 2.05) is 24.3 Å². The fraction of sp³-hybridized carbons (Fsp3) is 0.188. The van der Waals surface area contributed by atoms with Gasteiger partial charge in [0.15, 0.2) is 11.5 Å². The van der Waals surface area contributed by atoms with Crippen LogP contribution < -0.4 is 19.9 Å². The number of methoxy groups -OCH3 is 2. The van der Waals surface area contributed by atoms with Gasteiger partial charge in [-0.25, -0.2) is 0 Å². The first-order chi connectivity index (χ1) is 10.1. The fourth-order valence-corrected chi connectivity index (χ4v) is 1.84. The Hall–Kier alpha value is -2.40. The van der Waals surface area contributed by atoms with E-state index in [9.17, 15) is 0 Å². The summed E-state index contributed by atoms with van der Waals surface area (Å²) >= 11 is 0. The van der Waals surface area contributed by atoms with Crippen molar-refractivity contribution in [2.45, 2.75) is 6.61 Å². The van der Waals surface area contributed by atoms with Crippen LogP contribution in [0, 0.1) is 5.41 Å². The van der Waals surface area contributed by atoms with Crippen molar-refractivity contribution in [3.8, 4) is 17.2 Å². The lowest BCUT2D eigenvalue weighted by atomic mass is 10.2. The molecule has 0 heterocycles. The summed E-state index contributed by atoms with van der Waals surface area (Å²) in [6, 6.07) is 12.8. The third kappa shape index (κ3) is 4.30. The molecular weight excluding hydrogens is 304 g/mol. The number of halogens is 1. The second kappa shape index (κ2) is 8.14. The van der Waals surface area contributed by atoms with E-state index in [2.05, 4.69) is 0 Å². The standard InChI is InChI=1S/C16H18N2O3.ClH/c1-19-13-6-3-11(4-7-13)10-21-14-8-5-12(16(17)18)9-15(14)20-2;/h3-9H,10H2,1-2H3,(H3,17,18);1H. The molecule has 118 valence electrons. The van der Waals surface area contributed by atoms with Gasteiger partial charge in [-0.05, 0) is 35.9 Å². The van der Waals surface area contributed by atoms with Gasteiger partial charge in [0.1, 0.15) is 18.2 Å². The quantitative estimate of drug-likeness (QED) is 0.633. The molecule has 0 unspecified atom stereocenters. The molecule has 6 heteroatoms. The highest BCUT2D eigenvalue weighted by molar-refractivity contribution is 5.95. The number of amidine groups is 1. The Bertz CT molecular complexity index is 630. The van der Waals surface area contributed by atoms with Crippen molar-refractivity contribution < 1.29 is 14.2 Å². The molecule has 2 rings (SSSR count). The van der Waals surface area contributed by atoms with Crippen LogP contribution in [0.5, 0.6) is 17.2 Å². The molecule has 0 saturated carbocycles. The summed E-state index contributed by atoms with van der Waals surface area (Å²) in [5.41, 5.74) is 7.08. The van der Waals surface area contributed by atoms with Crippen molar-refractivity contribution in [1.82, 2.24) is 0 Å². The molecule has 0 aliphatic heterocycles. The van der Waals surface area contributed by atoms with Gasteiger partial charge in [-0.1, -0.05) is 12.1 Å². The first-order valence-corrected chi connectivity index (χ1v) is 6.42. The van der Waals surface area contributed by atoms with Crippen LogP contribution in [0.4, 0.5) is 0 Å². The molecular formula is C16H19ClN2O3. The summed E-state index contributed by atoms with van der Waals surface area (Å²) in [7, 11) is 3.19. The first kappa shape index (κ1) is 17.7. The number of nitrogens with one attached hydrogen (secondary N) is 1. The lowest BCUT2D eigenvalue weighted by molar-refractivity contribution is 0.284. The monoisotopic (exact) mass is 322 g/mol. The van der Waals surface area contributed by atoms with Crippen LogP contribution in [0.15, 0.2) is 42.5 Å². The molecule has 0 aromatic heterocycles. The number of nitrogens with two attached hydrogens (primary N) is 1. The Morgan fingerprint density at radius 3 is 2.23 bits per heavy atom. The van der Waals surface area contributed by atoms with E-state index in [4.69, 9.17) is 25.4 Å². The maximum Gasteiger partial charge on any atom is 0.161 e. The molecule has 2 aromatic rings. The maximum absolute atomic E-state index is 7.42. The molecule has 0 fully saturated rings. The van der Waals surface area contributed by atoms with Gasteiger partial charge in [0, 0.05) is 5.56 Å². The summed E-state index contributed by atoms with van der Waals surface area (Å²) in [5, 5.41) is 7.42. The summed E-state index contributed by atoms with van der Waals surface area (Å²) in [6.07, 6.45) is 0. The summed E-state index contributed by atoms with van der Waals surface area (Å²) in [5.74, 6) is 1.96. The van der Waals surface area contributed by atoms with Gasteiger partial charge in [-0.3, -0.25) is 5.41 Å². The zero-order valence-electron chi connectivity index (χ0n) is 12.5. The van der Waals surface area contributed by atoms with Crippen molar-refractivity contribution in [2.75, 3.05) is 14.2 Å². The summed E-state index contributed by atoms with van der Waals surface area (Å²) in [4.78, 5) is 0. The molecule has 0 radical (unpaired) electrons. The van der Waals surface area contributed by atoms with Crippen LogP contribution in [0.2, 0.25) is 0 Å². The number of rotatable bonds is 6. The predicted molar refractivity (Wildman–Crippen MR) is 88.6 cm³/mol. The molecule has 3 N–H and O–H groups in total. The molecule has 0 aliphatic rings. The van der Waals surface area contributed by atoms with Crippen molar-refractivity contribution >= 4 is 18.2 Å². The molecule has 0 amide bonds. The number of hydrogen-bond donors (Lipinski definition) is 2. The molecule has 5 nitrogen and oxygen atoms in total. The number of benzene rings is 2. The van der Waals surface area contributed by atoms with Gasteiger partial charge in [0.25, 0.3) is 0 Å². The summed E-state index contributed by atoms with van der Waals surface area (Å²) < 4.78 is 16.1. The smallest absolute Gasteiger partial charge is 0.161 e. The van der Waals surface area contributed by atoms with E-state index in [1.165, 1.54) is 0 Å². The van der Waals surface area contributed by atoms with Gasteiger partial charge < -0.3 is 19.9 Å². The van der Waals surface area contributed by atoms with E-state index in [0.717, 1.165) is 11.3 Å². The highest BCUT2D eigenvalue weighted by atomic mass is 35.5. The molecule has 0 bridgehead atoms.